The van der Waals surface area contributed by atoms with Gasteiger partial charge in [-0.25, -0.2) is 0 Å². The molecule has 34 heavy (non-hydrogen) atoms. The highest BCUT2D eigenvalue weighted by Crippen LogP contribution is 2.40. The van der Waals surface area contributed by atoms with Crippen LogP contribution in [-0.2, 0) is 11.3 Å². The Labute approximate surface area is 202 Å². The first-order valence-electron chi connectivity index (χ1n) is 10.6. The van der Waals surface area contributed by atoms with E-state index in [2.05, 4.69) is 17.4 Å². The number of benzene rings is 2. The monoisotopic (exact) mass is 475 g/mol. The largest absolute Gasteiger partial charge is 0.493 e. The Balaban J connectivity index is 1.56. The molecule has 2 aromatic heterocycles. The second-order valence-corrected chi connectivity index (χ2v) is 8.28. The second-order valence-electron chi connectivity index (χ2n) is 7.33. The fourth-order valence-corrected chi connectivity index (χ4v) is 4.25. The Hall–Kier alpha value is -4.04. The second kappa shape index (κ2) is 10.7. The Morgan fingerprint density at radius 3 is 2.38 bits per heavy atom. The molecule has 0 unspecified atom stereocenters. The number of carbonyl (C=O) groups excluding carboxylic acids is 1. The van der Waals surface area contributed by atoms with Crippen molar-refractivity contribution < 1.29 is 19.0 Å². The van der Waals surface area contributed by atoms with Crippen LogP contribution in [0.1, 0.15) is 11.1 Å². The predicted molar refractivity (Wildman–Crippen MR) is 135 cm³/mol. The van der Waals surface area contributed by atoms with Crippen LogP contribution in [0.5, 0.6) is 17.2 Å². The highest BCUT2D eigenvalue weighted by atomic mass is 32.1. The topological polar surface area (TPSA) is 74.6 Å². The van der Waals surface area contributed by atoms with Gasteiger partial charge >= 0.3 is 0 Å². The number of rotatable bonds is 9. The van der Waals surface area contributed by atoms with Gasteiger partial charge in [0.15, 0.2) is 11.5 Å². The van der Waals surface area contributed by atoms with E-state index in [9.17, 15) is 4.79 Å². The zero-order chi connectivity index (χ0) is 23.9. The Kier molecular flexibility index (Phi) is 7.29. The van der Waals surface area contributed by atoms with E-state index in [-0.39, 0.29) is 5.91 Å². The number of nitrogens with one attached hydrogen (secondary N) is 1. The number of aromatic nitrogens is 2. The van der Waals surface area contributed by atoms with E-state index >= 15 is 0 Å². The van der Waals surface area contributed by atoms with E-state index in [0.717, 1.165) is 21.7 Å². The fraction of sp³-hybridized carbons (Fsp3) is 0.154. The van der Waals surface area contributed by atoms with Crippen molar-refractivity contribution >= 4 is 29.0 Å². The zero-order valence-corrected chi connectivity index (χ0v) is 20.0. The molecule has 4 aromatic rings. The first-order chi connectivity index (χ1) is 16.6. The number of nitrogens with zero attached hydrogens (tertiary/aromatic N) is 2. The number of carbonyl (C=O) groups is 1. The summed E-state index contributed by atoms with van der Waals surface area (Å²) in [6.45, 7) is 0.644. The van der Waals surface area contributed by atoms with Crippen molar-refractivity contribution in [2.45, 2.75) is 6.54 Å². The van der Waals surface area contributed by atoms with Crippen LogP contribution in [0.15, 0.2) is 72.3 Å². The SMILES string of the molecule is COc1cc(NC(=O)/C=C/c2cn(Cc3ccccc3)nc2-c2cccs2)cc(OC)c1OC. The summed E-state index contributed by atoms with van der Waals surface area (Å²) in [5, 5.41) is 9.63. The Morgan fingerprint density at radius 2 is 1.76 bits per heavy atom. The summed E-state index contributed by atoms with van der Waals surface area (Å²) in [5.74, 6) is 1.10. The molecule has 0 aliphatic rings. The summed E-state index contributed by atoms with van der Waals surface area (Å²) < 4.78 is 17.9. The van der Waals surface area contributed by atoms with Crippen LogP contribution in [0.4, 0.5) is 5.69 Å². The molecule has 0 radical (unpaired) electrons. The number of ether oxygens (including phenoxy) is 3. The number of amides is 1. The molecule has 174 valence electrons. The molecule has 0 atom stereocenters. The predicted octanol–water partition coefficient (Wildman–Crippen LogP) is 5.34. The van der Waals surface area contributed by atoms with Crippen molar-refractivity contribution in [3.05, 3.63) is 83.4 Å². The summed E-state index contributed by atoms with van der Waals surface area (Å²) in [5.41, 5.74) is 3.38. The van der Waals surface area contributed by atoms with Gasteiger partial charge < -0.3 is 19.5 Å². The molecule has 1 amide bonds. The number of anilines is 1. The Bertz CT molecular complexity index is 1260. The average Bonchev–Trinajstić information content (AvgIpc) is 3.52. The average molecular weight is 476 g/mol. The van der Waals surface area contributed by atoms with Crippen LogP contribution in [-0.4, -0.2) is 37.0 Å². The quantitative estimate of drug-likeness (QED) is 0.331. The minimum atomic E-state index is -0.290. The summed E-state index contributed by atoms with van der Waals surface area (Å²) in [7, 11) is 4.59. The van der Waals surface area contributed by atoms with Crippen LogP contribution in [0, 0.1) is 0 Å². The smallest absolute Gasteiger partial charge is 0.248 e. The van der Waals surface area contributed by atoms with Crippen molar-refractivity contribution in [1.29, 1.82) is 0 Å². The lowest BCUT2D eigenvalue weighted by Gasteiger charge is -2.14. The van der Waals surface area contributed by atoms with Gasteiger partial charge in [-0.15, -0.1) is 11.3 Å². The molecule has 0 aliphatic heterocycles. The molecule has 0 bridgehead atoms. The summed E-state index contributed by atoms with van der Waals surface area (Å²) in [6, 6.07) is 17.5. The molecule has 4 rings (SSSR count). The van der Waals surface area contributed by atoms with Crippen LogP contribution in [0.2, 0.25) is 0 Å². The fourth-order valence-electron chi connectivity index (χ4n) is 3.52. The molecule has 8 heteroatoms. The maximum absolute atomic E-state index is 12.7. The highest BCUT2D eigenvalue weighted by molar-refractivity contribution is 7.13. The molecule has 0 saturated heterocycles. The lowest BCUT2D eigenvalue weighted by atomic mass is 10.2. The zero-order valence-electron chi connectivity index (χ0n) is 19.1. The molecule has 2 heterocycles. The van der Waals surface area contributed by atoms with Gasteiger partial charge in [-0.1, -0.05) is 36.4 Å². The first-order valence-corrected chi connectivity index (χ1v) is 11.4. The van der Waals surface area contributed by atoms with Crippen molar-refractivity contribution in [3.8, 4) is 27.8 Å². The lowest BCUT2D eigenvalue weighted by Crippen LogP contribution is -2.08. The van der Waals surface area contributed by atoms with Crippen molar-refractivity contribution in [2.75, 3.05) is 26.6 Å². The maximum atomic E-state index is 12.7. The van der Waals surface area contributed by atoms with E-state index in [4.69, 9.17) is 19.3 Å². The third kappa shape index (κ3) is 5.29. The van der Waals surface area contributed by atoms with Gasteiger partial charge in [-0.3, -0.25) is 9.48 Å². The molecule has 2 aromatic carbocycles. The van der Waals surface area contributed by atoms with Crippen molar-refractivity contribution in [2.24, 2.45) is 0 Å². The summed E-state index contributed by atoms with van der Waals surface area (Å²) in [4.78, 5) is 13.7. The summed E-state index contributed by atoms with van der Waals surface area (Å²) in [6.07, 6.45) is 5.21. The van der Waals surface area contributed by atoms with Gasteiger partial charge in [-0.2, -0.15) is 5.10 Å². The Morgan fingerprint density at radius 1 is 1.03 bits per heavy atom. The lowest BCUT2D eigenvalue weighted by molar-refractivity contribution is -0.111. The van der Waals surface area contributed by atoms with Gasteiger partial charge in [0.05, 0.1) is 32.8 Å². The van der Waals surface area contributed by atoms with Gasteiger partial charge in [0.1, 0.15) is 5.69 Å². The molecule has 0 spiro atoms. The molecule has 0 aliphatic carbocycles. The van der Waals surface area contributed by atoms with Crippen LogP contribution >= 0.6 is 11.3 Å². The van der Waals surface area contributed by atoms with Gasteiger partial charge in [-0.05, 0) is 23.1 Å². The van der Waals surface area contributed by atoms with Crippen LogP contribution in [0.25, 0.3) is 16.6 Å². The highest BCUT2D eigenvalue weighted by Gasteiger charge is 2.15. The third-order valence-corrected chi connectivity index (χ3v) is 5.96. The normalized spacial score (nSPS) is 10.9. The van der Waals surface area contributed by atoms with E-state index in [0.29, 0.717) is 29.5 Å². The number of hydrogen-bond acceptors (Lipinski definition) is 6. The van der Waals surface area contributed by atoms with Gasteiger partial charge in [0.25, 0.3) is 0 Å². The molecular weight excluding hydrogens is 450 g/mol. The molecular formula is C26H25N3O4S. The van der Waals surface area contributed by atoms with E-state index < -0.39 is 0 Å². The molecule has 0 fully saturated rings. The van der Waals surface area contributed by atoms with E-state index in [1.165, 1.54) is 27.4 Å². The van der Waals surface area contributed by atoms with Crippen LogP contribution < -0.4 is 19.5 Å². The minimum absolute atomic E-state index is 0.290. The maximum Gasteiger partial charge on any atom is 0.248 e. The molecule has 1 N–H and O–H groups in total. The minimum Gasteiger partial charge on any atom is -0.493 e. The van der Waals surface area contributed by atoms with Crippen LogP contribution in [0.3, 0.4) is 0 Å². The number of thiophene rings is 1. The van der Waals surface area contributed by atoms with E-state index in [1.807, 2.05) is 46.6 Å². The molecule has 7 nitrogen and oxygen atoms in total. The third-order valence-electron chi connectivity index (χ3n) is 5.08. The summed E-state index contributed by atoms with van der Waals surface area (Å²) >= 11 is 1.61. The van der Waals surface area contributed by atoms with Gasteiger partial charge in [0.2, 0.25) is 11.7 Å². The number of hydrogen-bond donors (Lipinski definition) is 1. The standard InChI is InChI=1S/C26H25N3O4S/c1-31-21-14-20(15-22(32-2)26(21)33-3)27-24(30)12-11-19-17-29(16-18-8-5-4-6-9-18)28-25(19)23-10-7-13-34-23/h4-15,17H,16H2,1-3H3,(H,27,30)/b12-11+. The van der Waals surface area contributed by atoms with Gasteiger partial charge in [0, 0.05) is 35.7 Å². The van der Waals surface area contributed by atoms with Crippen molar-refractivity contribution in [3.63, 3.8) is 0 Å². The molecule has 0 saturated carbocycles. The number of methoxy groups -OCH3 is 3. The van der Waals surface area contributed by atoms with E-state index in [1.54, 1.807) is 29.5 Å². The van der Waals surface area contributed by atoms with Crippen molar-refractivity contribution in [1.82, 2.24) is 9.78 Å². The first kappa shape index (κ1) is 23.1.